The Balaban J connectivity index is 1.87. The molecule has 4 rings (SSSR count). The molecule has 4 aromatic rings. The van der Waals surface area contributed by atoms with E-state index in [1.165, 1.54) is 0 Å². The van der Waals surface area contributed by atoms with Gasteiger partial charge in [-0.1, -0.05) is 54.5 Å². The minimum Gasteiger partial charge on any atom is -0.598 e. The zero-order valence-electron chi connectivity index (χ0n) is 18.9. The highest BCUT2D eigenvalue weighted by Crippen LogP contribution is 2.40. The smallest absolute Gasteiger partial charge is 0.167 e. The Hall–Kier alpha value is -2.67. The summed E-state index contributed by atoms with van der Waals surface area (Å²) in [7, 11) is 0. The van der Waals surface area contributed by atoms with Crippen LogP contribution in [0.3, 0.4) is 0 Å². The molecule has 0 radical (unpaired) electrons. The van der Waals surface area contributed by atoms with E-state index < -0.39 is 16.1 Å². The third kappa shape index (κ3) is 4.58. The van der Waals surface area contributed by atoms with E-state index in [9.17, 15) is 4.55 Å². The van der Waals surface area contributed by atoms with Crippen LogP contribution in [-0.4, -0.2) is 19.4 Å². The van der Waals surface area contributed by atoms with Crippen molar-refractivity contribution < 1.29 is 9.08 Å². The van der Waals surface area contributed by atoms with Crippen molar-refractivity contribution in [3.05, 3.63) is 84.2 Å². The minimum atomic E-state index is -1.27. The van der Waals surface area contributed by atoms with E-state index in [1.807, 2.05) is 81.6 Å². The summed E-state index contributed by atoms with van der Waals surface area (Å²) in [6.07, 6.45) is 2.65. The summed E-state index contributed by atoms with van der Waals surface area (Å²) in [4.78, 5) is 4.64. The number of fused-ring (bicyclic) bond motifs is 1. The molecular weight excluding hydrogens is 418 g/mol. The molecule has 0 fully saturated rings. The summed E-state index contributed by atoms with van der Waals surface area (Å²) in [6, 6.07) is 21.8. The van der Waals surface area contributed by atoms with Gasteiger partial charge >= 0.3 is 0 Å². The molecule has 166 valence electrons. The maximum atomic E-state index is 13.3. The van der Waals surface area contributed by atoms with Gasteiger partial charge in [0.25, 0.3) is 0 Å². The maximum Gasteiger partial charge on any atom is 0.167 e. The quantitative estimate of drug-likeness (QED) is 0.343. The van der Waals surface area contributed by atoms with Crippen molar-refractivity contribution in [1.82, 2.24) is 14.9 Å². The highest BCUT2D eigenvalue weighted by Gasteiger charge is 2.35. The van der Waals surface area contributed by atoms with Crippen LogP contribution in [0.4, 0.5) is 0 Å². The molecule has 3 atom stereocenters. The van der Waals surface area contributed by atoms with Crippen LogP contribution in [0.5, 0.6) is 0 Å². The van der Waals surface area contributed by atoms with Gasteiger partial charge in [-0.3, -0.25) is 4.98 Å². The van der Waals surface area contributed by atoms with Crippen LogP contribution >= 0.6 is 0 Å². The summed E-state index contributed by atoms with van der Waals surface area (Å²) in [5.41, 5.74) is 4.51. The Kier molecular flexibility index (Phi) is 6.65. The number of aromatic nitrogens is 2. The average Bonchev–Trinajstić information content (AvgIpc) is 3.23. The first kappa shape index (κ1) is 22.5. The normalized spacial score (nSPS) is 14.9. The second-order valence-electron chi connectivity index (χ2n) is 8.86. The van der Waals surface area contributed by atoms with E-state index in [0.717, 1.165) is 39.9 Å². The van der Waals surface area contributed by atoms with Crippen molar-refractivity contribution in [2.45, 2.75) is 50.8 Å². The zero-order chi connectivity index (χ0) is 22.7. The van der Waals surface area contributed by atoms with Gasteiger partial charge in [0.1, 0.15) is 10.4 Å². The molecule has 0 spiro atoms. The predicted octanol–water partition coefficient (Wildman–Crippen LogP) is 6.18. The molecule has 0 aliphatic carbocycles. The van der Waals surface area contributed by atoms with Crippen LogP contribution in [0, 0.1) is 0 Å². The number of hydrogen-bond donors (Lipinski definition) is 1. The van der Waals surface area contributed by atoms with Crippen molar-refractivity contribution in [2.24, 2.45) is 0 Å². The van der Waals surface area contributed by atoms with Crippen molar-refractivity contribution >= 4 is 22.3 Å². The SMILES string of the molecule is CC[C@H](c1ccccn1)[C@H](N[S@@+]([O-])C(C)(C)C)c1ccccc1-c1noc2ccccc12. The number of nitrogens with zero attached hydrogens (tertiary/aromatic N) is 2. The lowest BCUT2D eigenvalue weighted by Gasteiger charge is -2.32. The van der Waals surface area contributed by atoms with Gasteiger partial charge < -0.3 is 9.08 Å². The second-order valence-corrected chi connectivity index (χ2v) is 10.9. The van der Waals surface area contributed by atoms with Crippen molar-refractivity contribution in [3.8, 4) is 11.3 Å². The molecule has 6 heteroatoms. The van der Waals surface area contributed by atoms with Crippen LogP contribution in [0.1, 0.15) is 57.3 Å². The van der Waals surface area contributed by atoms with Gasteiger partial charge in [-0.05, 0) is 57.0 Å². The molecule has 1 N–H and O–H groups in total. The summed E-state index contributed by atoms with van der Waals surface area (Å²) in [5, 5.41) is 5.36. The van der Waals surface area contributed by atoms with Gasteiger partial charge in [0, 0.05) is 40.1 Å². The highest BCUT2D eigenvalue weighted by atomic mass is 32.2. The topological polar surface area (TPSA) is 74.0 Å². The molecular formula is C26H29N3O2S. The molecule has 0 saturated carbocycles. The largest absolute Gasteiger partial charge is 0.598 e. The number of para-hydroxylation sites is 1. The average molecular weight is 448 g/mol. The third-order valence-corrected chi connectivity index (χ3v) is 7.21. The molecule has 0 aliphatic rings. The Morgan fingerprint density at radius 3 is 2.44 bits per heavy atom. The fourth-order valence-electron chi connectivity index (χ4n) is 3.93. The summed E-state index contributed by atoms with van der Waals surface area (Å²) >= 11 is -1.27. The van der Waals surface area contributed by atoms with Crippen LogP contribution in [-0.2, 0) is 11.4 Å². The van der Waals surface area contributed by atoms with Gasteiger partial charge in [0.15, 0.2) is 5.58 Å². The van der Waals surface area contributed by atoms with Crippen molar-refractivity contribution in [3.63, 3.8) is 0 Å². The standard InChI is InChI=1S/C26H29N3O2S/c1-5-18(22-15-10-11-17-27-22)25(29-32(30)26(2,3)4)20-13-7-6-12-19(20)24-21-14-8-9-16-23(21)31-28-24/h6-18,25,29H,5H2,1-4H3/t18-,25+,32+/m1/s1. The van der Waals surface area contributed by atoms with E-state index >= 15 is 0 Å². The van der Waals surface area contributed by atoms with E-state index in [1.54, 1.807) is 0 Å². The molecule has 2 aromatic carbocycles. The Morgan fingerprint density at radius 2 is 1.72 bits per heavy atom. The first-order valence-electron chi connectivity index (χ1n) is 10.9. The van der Waals surface area contributed by atoms with Crippen LogP contribution in [0.2, 0.25) is 0 Å². The van der Waals surface area contributed by atoms with Crippen LogP contribution in [0.25, 0.3) is 22.2 Å². The Morgan fingerprint density at radius 1 is 1.00 bits per heavy atom. The fraction of sp³-hybridized carbons (Fsp3) is 0.308. The monoisotopic (exact) mass is 447 g/mol. The lowest BCUT2D eigenvalue weighted by atomic mass is 9.85. The number of pyridine rings is 1. The first-order valence-corrected chi connectivity index (χ1v) is 12.1. The van der Waals surface area contributed by atoms with Crippen molar-refractivity contribution in [2.75, 3.05) is 0 Å². The van der Waals surface area contributed by atoms with E-state index in [-0.39, 0.29) is 12.0 Å². The second kappa shape index (κ2) is 9.45. The maximum absolute atomic E-state index is 13.3. The summed E-state index contributed by atoms with van der Waals surface area (Å²) in [5.74, 6) is 0.0295. The van der Waals surface area contributed by atoms with Gasteiger partial charge in [0.05, 0.1) is 6.04 Å². The Bertz CT molecular complexity index is 1170. The van der Waals surface area contributed by atoms with Crippen LogP contribution < -0.4 is 4.72 Å². The Labute approximate surface area is 192 Å². The number of rotatable bonds is 7. The summed E-state index contributed by atoms with van der Waals surface area (Å²) in [6.45, 7) is 8.08. The lowest BCUT2D eigenvalue weighted by molar-refractivity contribution is 0.456. The number of nitrogens with one attached hydrogen (secondary N) is 1. The minimum absolute atomic E-state index is 0.0295. The van der Waals surface area contributed by atoms with Gasteiger partial charge in [-0.2, -0.15) is 0 Å². The molecule has 0 aliphatic heterocycles. The van der Waals surface area contributed by atoms with Crippen LogP contribution in [0.15, 0.2) is 77.4 Å². The summed E-state index contributed by atoms with van der Waals surface area (Å²) < 4.78 is 21.9. The highest BCUT2D eigenvalue weighted by molar-refractivity contribution is 7.90. The fourth-order valence-corrected chi connectivity index (χ4v) is 4.80. The molecule has 5 nitrogen and oxygen atoms in total. The first-order chi connectivity index (χ1) is 15.4. The molecule has 0 unspecified atom stereocenters. The number of benzene rings is 2. The lowest BCUT2D eigenvalue weighted by Crippen LogP contribution is -2.43. The van der Waals surface area contributed by atoms with Gasteiger partial charge in [-0.25, -0.2) is 0 Å². The molecule has 2 aromatic heterocycles. The van der Waals surface area contributed by atoms with Gasteiger partial charge in [-0.15, -0.1) is 4.72 Å². The van der Waals surface area contributed by atoms with Gasteiger partial charge in [0.2, 0.25) is 0 Å². The molecule has 0 amide bonds. The third-order valence-electron chi connectivity index (χ3n) is 5.63. The molecule has 0 bridgehead atoms. The molecule has 0 saturated heterocycles. The molecule has 32 heavy (non-hydrogen) atoms. The van der Waals surface area contributed by atoms with E-state index in [2.05, 4.69) is 33.9 Å². The van der Waals surface area contributed by atoms with E-state index in [4.69, 9.17) is 4.52 Å². The predicted molar refractivity (Wildman–Crippen MR) is 130 cm³/mol. The zero-order valence-corrected chi connectivity index (χ0v) is 19.7. The van der Waals surface area contributed by atoms with Crippen molar-refractivity contribution in [1.29, 1.82) is 0 Å². The molecule has 2 heterocycles. The van der Waals surface area contributed by atoms with E-state index in [0.29, 0.717) is 0 Å². The number of hydrogen-bond acceptors (Lipinski definition) is 5.